The van der Waals surface area contributed by atoms with E-state index in [0.29, 0.717) is 6.42 Å². The zero-order valence-electron chi connectivity index (χ0n) is 11.4. The van der Waals surface area contributed by atoms with Crippen LogP contribution in [0.2, 0.25) is 0 Å². The van der Waals surface area contributed by atoms with Crippen LogP contribution in [-0.2, 0) is 20.8 Å². The van der Waals surface area contributed by atoms with Crippen molar-refractivity contribution >= 4 is 17.7 Å². The Morgan fingerprint density at radius 3 is 2.30 bits per heavy atom. The van der Waals surface area contributed by atoms with Gasteiger partial charge in [0.15, 0.2) is 0 Å². The smallest absolute Gasteiger partial charge is 0.372 e. The average Bonchev–Trinajstić information content (AvgIpc) is 2.90. The van der Waals surface area contributed by atoms with Crippen LogP contribution in [0.1, 0.15) is 26.0 Å². The standard InChI is InChI=1S/C6H9N3O2.C6H10O3/c7-5(6(10)11)1-4-2-8-3-9-4;1-3-4(2)5(7)6(8)9/h2-3,5H,1,7H2,(H,8,9)(H,10,11);4H,3H2,1-2H3,(H,8,9)/t5-;/m0./s1. The predicted octanol–water partition coefficient (Wildman–Crippen LogP) is 0.0503. The number of Topliss-reactive ketones (excluding diaryl/α,β-unsaturated/α-hetero) is 1. The van der Waals surface area contributed by atoms with Crippen LogP contribution in [0.15, 0.2) is 12.5 Å². The zero-order chi connectivity index (χ0) is 15.7. The van der Waals surface area contributed by atoms with Crippen molar-refractivity contribution in [2.45, 2.75) is 32.7 Å². The van der Waals surface area contributed by atoms with E-state index >= 15 is 0 Å². The molecule has 8 nitrogen and oxygen atoms in total. The lowest BCUT2D eigenvalue weighted by atomic mass is 10.0. The number of carbonyl (C=O) groups is 3. The Kier molecular flexibility index (Phi) is 7.83. The van der Waals surface area contributed by atoms with Crippen LogP contribution in [0.4, 0.5) is 0 Å². The quantitative estimate of drug-likeness (QED) is 0.540. The SMILES string of the molecule is CCC(C)C(=O)C(=O)O.N[C@@H](Cc1cnc[nH]1)C(=O)O. The number of aromatic nitrogens is 2. The molecular formula is C12H19N3O5. The summed E-state index contributed by atoms with van der Waals surface area (Å²) < 4.78 is 0. The van der Waals surface area contributed by atoms with E-state index in [-0.39, 0.29) is 12.3 Å². The number of hydrogen-bond acceptors (Lipinski definition) is 5. The number of ketones is 1. The van der Waals surface area contributed by atoms with Gasteiger partial charge in [0.05, 0.1) is 6.33 Å². The van der Waals surface area contributed by atoms with Crippen LogP contribution < -0.4 is 5.73 Å². The highest BCUT2D eigenvalue weighted by molar-refractivity contribution is 6.33. The van der Waals surface area contributed by atoms with Crippen molar-refractivity contribution in [1.82, 2.24) is 9.97 Å². The van der Waals surface area contributed by atoms with Crippen LogP contribution in [0.25, 0.3) is 0 Å². The summed E-state index contributed by atoms with van der Waals surface area (Å²) >= 11 is 0. The molecule has 1 aromatic rings. The largest absolute Gasteiger partial charge is 0.480 e. The van der Waals surface area contributed by atoms with Crippen LogP contribution in [0, 0.1) is 5.92 Å². The second kappa shape index (κ2) is 8.81. The lowest BCUT2D eigenvalue weighted by Gasteiger charge is -2.02. The van der Waals surface area contributed by atoms with Gasteiger partial charge in [0, 0.05) is 24.2 Å². The third-order valence-electron chi connectivity index (χ3n) is 2.58. The molecule has 5 N–H and O–H groups in total. The lowest BCUT2D eigenvalue weighted by molar-refractivity contribution is -0.150. The molecule has 0 bridgehead atoms. The molecule has 2 atom stereocenters. The van der Waals surface area contributed by atoms with E-state index < -0.39 is 23.8 Å². The second-order valence-electron chi connectivity index (χ2n) is 4.20. The van der Waals surface area contributed by atoms with Gasteiger partial charge in [-0.15, -0.1) is 0 Å². The molecule has 0 saturated carbocycles. The zero-order valence-corrected chi connectivity index (χ0v) is 11.4. The first-order valence-electron chi connectivity index (χ1n) is 6.02. The molecule has 1 unspecified atom stereocenters. The summed E-state index contributed by atoms with van der Waals surface area (Å²) in [6, 6.07) is -0.851. The Hall–Kier alpha value is -2.22. The van der Waals surface area contributed by atoms with E-state index in [1.165, 1.54) is 6.33 Å². The van der Waals surface area contributed by atoms with E-state index in [1.54, 1.807) is 20.0 Å². The number of rotatable bonds is 6. The molecule has 20 heavy (non-hydrogen) atoms. The van der Waals surface area contributed by atoms with Crippen molar-refractivity contribution in [3.8, 4) is 0 Å². The van der Waals surface area contributed by atoms with Crippen molar-refractivity contribution < 1.29 is 24.6 Å². The Bertz CT molecular complexity index is 444. The van der Waals surface area contributed by atoms with Gasteiger partial charge < -0.3 is 20.9 Å². The number of H-pyrrole nitrogens is 1. The van der Waals surface area contributed by atoms with Crippen molar-refractivity contribution in [3.05, 3.63) is 18.2 Å². The number of nitrogens with one attached hydrogen (secondary N) is 1. The van der Waals surface area contributed by atoms with E-state index in [9.17, 15) is 14.4 Å². The van der Waals surface area contributed by atoms with Gasteiger partial charge in [-0.25, -0.2) is 9.78 Å². The van der Waals surface area contributed by atoms with Gasteiger partial charge in [-0.3, -0.25) is 9.59 Å². The Morgan fingerprint density at radius 2 is 2.00 bits per heavy atom. The monoisotopic (exact) mass is 285 g/mol. The van der Waals surface area contributed by atoms with Gasteiger partial charge in [-0.2, -0.15) is 0 Å². The first-order valence-corrected chi connectivity index (χ1v) is 6.02. The van der Waals surface area contributed by atoms with E-state index in [2.05, 4.69) is 9.97 Å². The summed E-state index contributed by atoms with van der Waals surface area (Å²) in [7, 11) is 0. The second-order valence-corrected chi connectivity index (χ2v) is 4.20. The fourth-order valence-corrected chi connectivity index (χ4v) is 1.12. The van der Waals surface area contributed by atoms with Crippen LogP contribution >= 0.6 is 0 Å². The third kappa shape index (κ3) is 6.64. The molecule has 0 saturated heterocycles. The third-order valence-corrected chi connectivity index (χ3v) is 2.58. The molecule has 0 aromatic carbocycles. The summed E-state index contributed by atoms with van der Waals surface area (Å²) in [5.41, 5.74) is 6.00. The Morgan fingerprint density at radius 1 is 1.40 bits per heavy atom. The van der Waals surface area contributed by atoms with Crippen molar-refractivity contribution in [1.29, 1.82) is 0 Å². The number of imidazole rings is 1. The summed E-state index contributed by atoms with van der Waals surface area (Å²) in [6.45, 7) is 3.39. The van der Waals surface area contributed by atoms with Gasteiger partial charge >= 0.3 is 11.9 Å². The van der Waals surface area contributed by atoms with Crippen LogP contribution in [-0.4, -0.2) is 43.9 Å². The van der Waals surface area contributed by atoms with Crippen LogP contribution in [0.5, 0.6) is 0 Å². The maximum atomic E-state index is 10.5. The number of nitrogens with two attached hydrogens (primary N) is 1. The predicted molar refractivity (Wildman–Crippen MR) is 70.0 cm³/mol. The molecule has 0 amide bonds. The Balaban J connectivity index is 0.000000370. The molecule has 1 aromatic heterocycles. The summed E-state index contributed by atoms with van der Waals surface area (Å²) in [5, 5.41) is 16.6. The molecular weight excluding hydrogens is 266 g/mol. The number of carbonyl (C=O) groups excluding carboxylic acids is 1. The highest BCUT2D eigenvalue weighted by Gasteiger charge is 2.17. The van der Waals surface area contributed by atoms with Crippen molar-refractivity contribution in [3.63, 3.8) is 0 Å². The van der Waals surface area contributed by atoms with Crippen LogP contribution in [0.3, 0.4) is 0 Å². The molecule has 0 spiro atoms. The van der Waals surface area contributed by atoms with Gasteiger partial charge in [-0.1, -0.05) is 13.8 Å². The van der Waals surface area contributed by atoms with Gasteiger partial charge in [0.25, 0.3) is 0 Å². The van der Waals surface area contributed by atoms with E-state index in [1.807, 2.05) is 0 Å². The maximum Gasteiger partial charge on any atom is 0.372 e. The Labute approximate surface area is 116 Å². The van der Waals surface area contributed by atoms with Gasteiger partial charge in [-0.05, 0) is 6.42 Å². The first-order chi connectivity index (χ1) is 9.29. The average molecular weight is 285 g/mol. The maximum absolute atomic E-state index is 10.5. The molecule has 8 heteroatoms. The highest BCUT2D eigenvalue weighted by Crippen LogP contribution is 2.00. The number of aliphatic carboxylic acids is 2. The number of carboxylic acids is 2. The molecule has 0 aliphatic rings. The topological polar surface area (TPSA) is 146 Å². The minimum Gasteiger partial charge on any atom is -0.480 e. The summed E-state index contributed by atoms with van der Waals surface area (Å²) in [4.78, 5) is 37.2. The van der Waals surface area contributed by atoms with E-state index in [4.69, 9.17) is 15.9 Å². The first kappa shape index (κ1) is 17.8. The molecule has 1 heterocycles. The molecule has 0 fully saturated rings. The van der Waals surface area contributed by atoms with Gasteiger partial charge in [0.2, 0.25) is 5.78 Å². The van der Waals surface area contributed by atoms with Crippen molar-refractivity contribution in [2.75, 3.05) is 0 Å². The molecule has 0 aliphatic carbocycles. The number of aromatic amines is 1. The number of carboxylic acid groups (broad SMARTS) is 2. The molecule has 0 radical (unpaired) electrons. The lowest BCUT2D eigenvalue weighted by Crippen LogP contribution is -2.32. The van der Waals surface area contributed by atoms with Crippen molar-refractivity contribution in [2.24, 2.45) is 11.7 Å². The fraction of sp³-hybridized carbons (Fsp3) is 0.500. The summed E-state index contributed by atoms with van der Waals surface area (Å²) in [5.74, 6) is -3.37. The number of hydrogen-bond donors (Lipinski definition) is 4. The normalized spacial score (nSPS) is 12.8. The molecule has 0 aliphatic heterocycles. The number of nitrogens with zero attached hydrogens (tertiary/aromatic N) is 1. The molecule has 1 rings (SSSR count). The molecule has 112 valence electrons. The summed E-state index contributed by atoms with van der Waals surface area (Å²) in [6.07, 6.45) is 3.92. The van der Waals surface area contributed by atoms with Gasteiger partial charge in [0.1, 0.15) is 6.04 Å². The minimum absolute atomic E-state index is 0.287. The minimum atomic E-state index is -1.33. The highest BCUT2D eigenvalue weighted by atomic mass is 16.4. The fourth-order valence-electron chi connectivity index (χ4n) is 1.12. The van der Waals surface area contributed by atoms with E-state index in [0.717, 1.165) is 5.69 Å².